The topological polar surface area (TPSA) is 38.5 Å². The number of morpholine rings is 1. The van der Waals surface area contributed by atoms with Gasteiger partial charge in [0.1, 0.15) is 0 Å². The van der Waals surface area contributed by atoms with Crippen LogP contribution < -0.4 is 10.6 Å². The zero-order chi connectivity index (χ0) is 14.1. The summed E-state index contributed by atoms with van der Waals surface area (Å²) in [7, 11) is 0. The molecule has 3 rings (SSSR count). The maximum absolute atomic E-state index is 6.51. The van der Waals surface area contributed by atoms with Crippen molar-refractivity contribution in [1.82, 2.24) is 0 Å². The Bertz CT molecular complexity index is 478. The molecule has 1 aromatic carbocycles. The average molecular weight is 295 g/mol. The highest BCUT2D eigenvalue weighted by molar-refractivity contribution is 6.33. The molecular formula is C16H23ClN2O. The van der Waals surface area contributed by atoms with Gasteiger partial charge >= 0.3 is 0 Å². The predicted molar refractivity (Wildman–Crippen MR) is 83.5 cm³/mol. The number of anilines is 1. The highest BCUT2D eigenvalue weighted by Gasteiger charge is 2.36. The largest absolute Gasteiger partial charge is 0.374 e. The molecule has 1 saturated heterocycles. The average Bonchev–Trinajstić information content (AvgIpc) is 2.86. The van der Waals surface area contributed by atoms with Crippen LogP contribution in [-0.4, -0.2) is 31.3 Å². The standard InChI is InChI=1S/C16H23ClN2O/c1-11(18)9-12-5-6-14(13(17)10-12)19-7-8-20-16-4-2-3-15(16)19/h5-6,10-11,15-16H,2-4,7-9,18H2,1H3. The molecule has 0 spiro atoms. The molecule has 1 saturated carbocycles. The minimum Gasteiger partial charge on any atom is -0.374 e. The minimum atomic E-state index is 0.166. The first-order valence-electron chi connectivity index (χ1n) is 7.57. The highest BCUT2D eigenvalue weighted by Crippen LogP contribution is 2.36. The third-order valence-corrected chi connectivity index (χ3v) is 4.66. The van der Waals surface area contributed by atoms with Crippen LogP contribution in [0.2, 0.25) is 5.02 Å². The molecule has 2 aliphatic rings. The van der Waals surface area contributed by atoms with E-state index < -0.39 is 0 Å². The van der Waals surface area contributed by atoms with Gasteiger partial charge in [-0.05, 0) is 50.3 Å². The van der Waals surface area contributed by atoms with E-state index in [0.29, 0.717) is 12.1 Å². The summed E-state index contributed by atoms with van der Waals surface area (Å²) in [6.45, 7) is 3.76. The van der Waals surface area contributed by atoms with Gasteiger partial charge in [0.2, 0.25) is 0 Å². The molecule has 0 radical (unpaired) electrons. The van der Waals surface area contributed by atoms with Crippen LogP contribution in [0, 0.1) is 0 Å². The van der Waals surface area contributed by atoms with Gasteiger partial charge < -0.3 is 15.4 Å². The van der Waals surface area contributed by atoms with Gasteiger partial charge in [-0.2, -0.15) is 0 Å². The second-order valence-electron chi connectivity index (χ2n) is 6.07. The summed E-state index contributed by atoms with van der Waals surface area (Å²) in [4.78, 5) is 2.44. The number of nitrogens with two attached hydrogens (primary N) is 1. The monoisotopic (exact) mass is 294 g/mol. The van der Waals surface area contributed by atoms with Crippen LogP contribution in [0.15, 0.2) is 18.2 Å². The molecule has 3 atom stereocenters. The van der Waals surface area contributed by atoms with Gasteiger partial charge in [-0.3, -0.25) is 0 Å². The molecule has 1 aliphatic carbocycles. The Kier molecular flexibility index (Phi) is 4.20. The molecule has 1 aliphatic heterocycles. The molecule has 0 aromatic heterocycles. The van der Waals surface area contributed by atoms with E-state index in [9.17, 15) is 0 Å². The van der Waals surface area contributed by atoms with Crippen molar-refractivity contribution in [2.45, 2.75) is 50.8 Å². The van der Waals surface area contributed by atoms with Crippen molar-refractivity contribution >= 4 is 17.3 Å². The van der Waals surface area contributed by atoms with Crippen LogP contribution in [0.25, 0.3) is 0 Å². The molecule has 0 bridgehead atoms. The number of rotatable bonds is 3. The molecule has 3 unspecified atom stereocenters. The molecule has 4 heteroatoms. The van der Waals surface area contributed by atoms with Crippen molar-refractivity contribution < 1.29 is 4.74 Å². The van der Waals surface area contributed by atoms with Gasteiger partial charge in [0.05, 0.1) is 29.5 Å². The van der Waals surface area contributed by atoms with Gasteiger partial charge in [0.25, 0.3) is 0 Å². The van der Waals surface area contributed by atoms with E-state index in [1.54, 1.807) is 0 Å². The molecular weight excluding hydrogens is 272 g/mol. The molecule has 2 N–H and O–H groups in total. The van der Waals surface area contributed by atoms with Crippen LogP contribution in [-0.2, 0) is 11.2 Å². The predicted octanol–water partition coefficient (Wildman–Crippen LogP) is 2.99. The van der Waals surface area contributed by atoms with Gasteiger partial charge in [0.15, 0.2) is 0 Å². The van der Waals surface area contributed by atoms with Crippen LogP contribution in [0.3, 0.4) is 0 Å². The normalized spacial score (nSPS) is 27.4. The van der Waals surface area contributed by atoms with E-state index in [-0.39, 0.29) is 6.04 Å². The lowest BCUT2D eigenvalue weighted by molar-refractivity contribution is 0.0256. The minimum absolute atomic E-state index is 0.166. The number of nitrogens with zero attached hydrogens (tertiary/aromatic N) is 1. The fourth-order valence-corrected chi connectivity index (χ4v) is 3.82. The molecule has 2 fully saturated rings. The first kappa shape index (κ1) is 14.2. The van der Waals surface area contributed by atoms with E-state index >= 15 is 0 Å². The maximum atomic E-state index is 6.51. The van der Waals surface area contributed by atoms with Gasteiger partial charge in [-0.1, -0.05) is 17.7 Å². The SMILES string of the molecule is CC(N)Cc1ccc(N2CCOC3CCCC32)c(Cl)c1. The van der Waals surface area contributed by atoms with E-state index in [1.165, 1.54) is 24.8 Å². The second-order valence-corrected chi connectivity index (χ2v) is 6.48. The molecule has 1 heterocycles. The van der Waals surface area contributed by atoms with Crippen molar-refractivity contribution in [3.05, 3.63) is 28.8 Å². The van der Waals surface area contributed by atoms with Crippen LogP contribution in [0.1, 0.15) is 31.7 Å². The van der Waals surface area contributed by atoms with E-state index in [4.69, 9.17) is 22.1 Å². The quantitative estimate of drug-likeness (QED) is 0.931. The fourth-order valence-electron chi connectivity index (χ4n) is 3.51. The number of hydrogen-bond donors (Lipinski definition) is 1. The Morgan fingerprint density at radius 3 is 3.05 bits per heavy atom. The smallest absolute Gasteiger partial charge is 0.0779 e. The van der Waals surface area contributed by atoms with Crippen LogP contribution in [0.4, 0.5) is 5.69 Å². The van der Waals surface area contributed by atoms with Gasteiger partial charge in [0, 0.05) is 12.6 Å². The van der Waals surface area contributed by atoms with Crippen LogP contribution >= 0.6 is 11.6 Å². The Labute approximate surface area is 126 Å². The summed E-state index contributed by atoms with van der Waals surface area (Å²) in [6, 6.07) is 7.05. The molecule has 110 valence electrons. The van der Waals surface area contributed by atoms with Crippen molar-refractivity contribution in [1.29, 1.82) is 0 Å². The van der Waals surface area contributed by atoms with E-state index in [0.717, 1.165) is 30.3 Å². The third-order valence-electron chi connectivity index (χ3n) is 4.36. The van der Waals surface area contributed by atoms with Crippen molar-refractivity contribution in [2.24, 2.45) is 5.73 Å². The summed E-state index contributed by atoms with van der Waals surface area (Å²) in [5, 5.41) is 0.843. The fraction of sp³-hybridized carbons (Fsp3) is 0.625. The highest BCUT2D eigenvalue weighted by atomic mass is 35.5. The lowest BCUT2D eigenvalue weighted by Gasteiger charge is -2.39. The van der Waals surface area contributed by atoms with Crippen molar-refractivity contribution in [3.63, 3.8) is 0 Å². The first-order valence-corrected chi connectivity index (χ1v) is 7.95. The maximum Gasteiger partial charge on any atom is 0.0779 e. The third kappa shape index (κ3) is 2.80. The van der Waals surface area contributed by atoms with Gasteiger partial charge in [-0.15, -0.1) is 0 Å². The molecule has 1 aromatic rings. The van der Waals surface area contributed by atoms with Gasteiger partial charge in [-0.25, -0.2) is 0 Å². The summed E-state index contributed by atoms with van der Waals surface area (Å²) in [6.07, 6.45) is 4.91. The Balaban J connectivity index is 1.82. The second kappa shape index (κ2) is 5.92. The molecule has 3 nitrogen and oxygen atoms in total. The lowest BCUT2D eigenvalue weighted by Crippen LogP contribution is -2.48. The summed E-state index contributed by atoms with van der Waals surface area (Å²) in [5.41, 5.74) is 8.22. The van der Waals surface area contributed by atoms with Crippen molar-refractivity contribution in [3.8, 4) is 0 Å². The number of fused-ring (bicyclic) bond motifs is 1. The van der Waals surface area contributed by atoms with Crippen molar-refractivity contribution in [2.75, 3.05) is 18.1 Å². The number of ether oxygens (including phenoxy) is 1. The Morgan fingerprint density at radius 1 is 1.45 bits per heavy atom. The number of hydrogen-bond acceptors (Lipinski definition) is 3. The lowest BCUT2D eigenvalue weighted by atomic mass is 10.1. The Hall–Kier alpha value is -0.770. The Morgan fingerprint density at radius 2 is 2.30 bits per heavy atom. The first-order chi connectivity index (χ1) is 9.65. The number of halogens is 1. The summed E-state index contributed by atoms with van der Waals surface area (Å²) in [5.74, 6) is 0. The van der Waals surface area contributed by atoms with E-state index in [2.05, 4.69) is 23.1 Å². The zero-order valence-corrected chi connectivity index (χ0v) is 12.8. The number of benzene rings is 1. The molecule has 0 amide bonds. The molecule has 20 heavy (non-hydrogen) atoms. The zero-order valence-electron chi connectivity index (χ0n) is 12.0. The van der Waals surface area contributed by atoms with Crippen LogP contribution in [0.5, 0.6) is 0 Å². The summed E-state index contributed by atoms with van der Waals surface area (Å²) >= 11 is 6.51. The van der Waals surface area contributed by atoms with E-state index in [1.807, 2.05) is 6.92 Å². The summed E-state index contributed by atoms with van der Waals surface area (Å²) < 4.78 is 5.87.